The Morgan fingerprint density at radius 1 is 1.40 bits per heavy atom. The van der Waals surface area contributed by atoms with Crippen molar-refractivity contribution in [3.8, 4) is 0 Å². The molecular weight excluding hydrogens is 186 g/mol. The molecule has 0 aromatic carbocycles. The number of hydrogen-bond donors (Lipinski definition) is 1. The number of aryl methyl sites for hydroxylation is 1. The van der Waals surface area contributed by atoms with Gasteiger partial charge in [-0.2, -0.15) is 5.10 Å². The van der Waals surface area contributed by atoms with Gasteiger partial charge in [-0.15, -0.1) is 0 Å². The smallest absolute Gasteiger partial charge is 0.0537 e. The summed E-state index contributed by atoms with van der Waals surface area (Å²) in [6, 6.07) is 0. The lowest BCUT2D eigenvalue weighted by Crippen LogP contribution is -2.13. The number of nitrogens with zero attached hydrogens (tertiary/aromatic N) is 2. The molecule has 0 aliphatic carbocycles. The zero-order valence-corrected chi connectivity index (χ0v) is 10.6. The highest BCUT2D eigenvalue weighted by atomic mass is 15.3. The van der Waals surface area contributed by atoms with E-state index in [4.69, 9.17) is 0 Å². The molecule has 15 heavy (non-hydrogen) atoms. The van der Waals surface area contributed by atoms with Gasteiger partial charge in [0.15, 0.2) is 0 Å². The zero-order chi connectivity index (χ0) is 11.5. The van der Waals surface area contributed by atoms with Crippen molar-refractivity contribution in [1.29, 1.82) is 0 Å². The van der Waals surface area contributed by atoms with Crippen LogP contribution < -0.4 is 5.32 Å². The average Bonchev–Trinajstić information content (AvgIpc) is 2.45. The van der Waals surface area contributed by atoms with Crippen LogP contribution >= 0.6 is 0 Å². The van der Waals surface area contributed by atoms with E-state index in [0.29, 0.717) is 5.41 Å². The molecule has 0 amide bonds. The van der Waals surface area contributed by atoms with Gasteiger partial charge in [-0.3, -0.25) is 4.68 Å². The van der Waals surface area contributed by atoms with Gasteiger partial charge in [-0.1, -0.05) is 20.8 Å². The first-order valence-electron chi connectivity index (χ1n) is 5.60. The predicted molar refractivity (Wildman–Crippen MR) is 63.8 cm³/mol. The van der Waals surface area contributed by atoms with Crippen molar-refractivity contribution in [2.75, 3.05) is 7.05 Å². The van der Waals surface area contributed by atoms with Crippen LogP contribution in [0.2, 0.25) is 0 Å². The standard InChI is InChI=1S/C12H23N3/c1-10-11(8-13-5)9-14-15(10)7-6-12(2,3)4/h9,13H,6-8H2,1-5H3. The molecule has 0 saturated carbocycles. The lowest BCUT2D eigenvalue weighted by molar-refractivity contribution is 0.339. The average molecular weight is 209 g/mol. The molecule has 0 atom stereocenters. The van der Waals surface area contributed by atoms with E-state index in [-0.39, 0.29) is 0 Å². The fourth-order valence-corrected chi connectivity index (χ4v) is 1.52. The van der Waals surface area contributed by atoms with Crippen LogP contribution in [-0.2, 0) is 13.1 Å². The molecule has 1 aromatic heterocycles. The third kappa shape index (κ3) is 3.67. The predicted octanol–water partition coefficient (Wildman–Crippen LogP) is 2.35. The fraction of sp³-hybridized carbons (Fsp3) is 0.750. The highest BCUT2D eigenvalue weighted by Crippen LogP contribution is 2.20. The Hall–Kier alpha value is -0.830. The van der Waals surface area contributed by atoms with Crippen LogP contribution in [0.3, 0.4) is 0 Å². The molecule has 0 unspecified atom stereocenters. The van der Waals surface area contributed by atoms with Crippen molar-refractivity contribution in [3.05, 3.63) is 17.5 Å². The molecule has 0 aliphatic heterocycles. The normalized spacial score (nSPS) is 12.1. The summed E-state index contributed by atoms with van der Waals surface area (Å²) in [7, 11) is 1.96. The van der Waals surface area contributed by atoms with Gasteiger partial charge in [-0.05, 0) is 25.8 Å². The molecule has 0 aliphatic rings. The molecule has 0 radical (unpaired) electrons. The lowest BCUT2D eigenvalue weighted by atomic mass is 9.92. The highest BCUT2D eigenvalue weighted by molar-refractivity contribution is 5.15. The van der Waals surface area contributed by atoms with Gasteiger partial charge in [0.1, 0.15) is 0 Å². The third-order valence-corrected chi connectivity index (χ3v) is 2.65. The van der Waals surface area contributed by atoms with Crippen molar-refractivity contribution in [2.24, 2.45) is 5.41 Å². The van der Waals surface area contributed by atoms with Crippen LogP contribution in [0, 0.1) is 12.3 Å². The maximum absolute atomic E-state index is 4.41. The first-order chi connectivity index (χ1) is 6.94. The van der Waals surface area contributed by atoms with Crippen LogP contribution in [0.25, 0.3) is 0 Å². The molecule has 0 spiro atoms. The topological polar surface area (TPSA) is 29.9 Å². The van der Waals surface area contributed by atoms with E-state index in [1.807, 2.05) is 13.2 Å². The van der Waals surface area contributed by atoms with E-state index in [1.54, 1.807) is 0 Å². The zero-order valence-electron chi connectivity index (χ0n) is 10.6. The summed E-state index contributed by atoms with van der Waals surface area (Å²) in [5.41, 5.74) is 2.96. The van der Waals surface area contributed by atoms with Gasteiger partial charge in [0, 0.05) is 24.3 Å². The minimum absolute atomic E-state index is 0.377. The van der Waals surface area contributed by atoms with Crippen LogP contribution in [0.15, 0.2) is 6.20 Å². The second-order valence-corrected chi connectivity index (χ2v) is 5.32. The maximum Gasteiger partial charge on any atom is 0.0537 e. The summed E-state index contributed by atoms with van der Waals surface area (Å²) in [4.78, 5) is 0. The molecule has 3 heteroatoms. The van der Waals surface area contributed by atoms with Gasteiger partial charge >= 0.3 is 0 Å². The van der Waals surface area contributed by atoms with Crippen LogP contribution in [0.5, 0.6) is 0 Å². The van der Waals surface area contributed by atoms with Crippen LogP contribution in [0.4, 0.5) is 0 Å². The molecule has 1 rings (SSSR count). The van der Waals surface area contributed by atoms with E-state index in [9.17, 15) is 0 Å². The minimum Gasteiger partial charge on any atom is -0.316 e. The summed E-state index contributed by atoms with van der Waals surface area (Å²) in [5, 5.41) is 7.57. The second kappa shape index (κ2) is 4.79. The van der Waals surface area contributed by atoms with Crippen molar-refractivity contribution < 1.29 is 0 Å². The summed E-state index contributed by atoms with van der Waals surface area (Å²) >= 11 is 0. The molecular formula is C12H23N3. The van der Waals surface area contributed by atoms with Gasteiger partial charge < -0.3 is 5.32 Å². The molecule has 1 heterocycles. The van der Waals surface area contributed by atoms with Crippen molar-refractivity contribution in [3.63, 3.8) is 0 Å². The summed E-state index contributed by atoms with van der Waals surface area (Å²) < 4.78 is 2.11. The Bertz CT molecular complexity index is 307. The molecule has 0 bridgehead atoms. The Kier molecular flexibility index (Phi) is 3.91. The summed E-state index contributed by atoms with van der Waals surface area (Å²) in [5.74, 6) is 0. The Labute approximate surface area is 92.9 Å². The van der Waals surface area contributed by atoms with E-state index in [1.165, 1.54) is 11.3 Å². The fourth-order valence-electron chi connectivity index (χ4n) is 1.52. The van der Waals surface area contributed by atoms with Crippen molar-refractivity contribution in [2.45, 2.75) is 47.2 Å². The van der Waals surface area contributed by atoms with Gasteiger partial charge in [0.2, 0.25) is 0 Å². The second-order valence-electron chi connectivity index (χ2n) is 5.32. The molecule has 1 aromatic rings. The van der Waals surface area contributed by atoms with E-state index >= 15 is 0 Å². The number of aromatic nitrogens is 2. The summed E-state index contributed by atoms with van der Waals surface area (Å²) in [6.07, 6.45) is 3.13. The molecule has 3 nitrogen and oxygen atoms in total. The minimum atomic E-state index is 0.377. The number of nitrogens with one attached hydrogen (secondary N) is 1. The first-order valence-corrected chi connectivity index (χ1v) is 5.60. The van der Waals surface area contributed by atoms with E-state index in [0.717, 1.165) is 19.5 Å². The first kappa shape index (κ1) is 12.2. The van der Waals surface area contributed by atoms with Crippen LogP contribution in [-0.4, -0.2) is 16.8 Å². The molecule has 1 N–H and O–H groups in total. The van der Waals surface area contributed by atoms with E-state index < -0.39 is 0 Å². The Morgan fingerprint density at radius 3 is 2.60 bits per heavy atom. The molecule has 0 saturated heterocycles. The van der Waals surface area contributed by atoms with Crippen molar-refractivity contribution in [1.82, 2.24) is 15.1 Å². The molecule has 86 valence electrons. The number of hydrogen-bond acceptors (Lipinski definition) is 2. The van der Waals surface area contributed by atoms with Gasteiger partial charge in [-0.25, -0.2) is 0 Å². The summed E-state index contributed by atoms with van der Waals surface area (Å²) in [6.45, 7) is 10.9. The quantitative estimate of drug-likeness (QED) is 0.825. The van der Waals surface area contributed by atoms with Crippen molar-refractivity contribution >= 4 is 0 Å². The third-order valence-electron chi connectivity index (χ3n) is 2.65. The lowest BCUT2D eigenvalue weighted by Gasteiger charge is -2.18. The highest BCUT2D eigenvalue weighted by Gasteiger charge is 2.12. The maximum atomic E-state index is 4.41. The SMILES string of the molecule is CNCc1cnn(CCC(C)(C)C)c1C. The van der Waals surface area contributed by atoms with Gasteiger partial charge in [0.05, 0.1) is 6.20 Å². The van der Waals surface area contributed by atoms with Gasteiger partial charge in [0.25, 0.3) is 0 Å². The van der Waals surface area contributed by atoms with E-state index in [2.05, 4.69) is 42.8 Å². The largest absolute Gasteiger partial charge is 0.316 e. The Morgan fingerprint density at radius 2 is 2.07 bits per heavy atom. The van der Waals surface area contributed by atoms with Crippen LogP contribution in [0.1, 0.15) is 38.4 Å². The molecule has 0 fully saturated rings. The Balaban J connectivity index is 2.62. The number of rotatable bonds is 4. The monoisotopic (exact) mass is 209 g/mol.